The number of aromatic nitrogens is 3. The van der Waals surface area contributed by atoms with Crippen molar-refractivity contribution in [3.8, 4) is 28.4 Å². The van der Waals surface area contributed by atoms with E-state index >= 15 is 0 Å². The monoisotopic (exact) mass is 545 g/mol. The van der Waals surface area contributed by atoms with Crippen LogP contribution in [0.25, 0.3) is 22.6 Å². The molecule has 0 amide bonds. The number of carbonyl (C=O) groups is 1. The molecule has 0 saturated heterocycles. The van der Waals surface area contributed by atoms with Gasteiger partial charge in [-0.05, 0) is 56.3 Å². The molecule has 0 radical (unpaired) electrons. The van der Waals surface area contributed by atoms with Gasteiger partial charge in [-0.15, -0.1) is 0 Å². The molecule has 2 aromatic heterocycles. The Labute approximate surface area is 224 Å². The number of nitrogens with zero attached hydrogens (tertiary/aromatic N) is 3. The number of aliphatic hydroxyl groups is 1. The van der Waals surface area contributed by atoms with Crippen LogP contribution >= 0.6 is 11.6 Å². The van der Waals surface area contributed by atoms with E-state index in [0.29, 0.717) is 23.9 Å². The van der Waals surface area contributed by atoms with Crippen LogP contribution in [0.2, 0.25) is 30.8 Å². The second-order valence-corrected chi connectivity index (χ2v) is 16.7. The fourth-order valence-corrected chi connectivity index (χ4v) is 4.52. The van der Waals surface area contributed by atoms with Gasteiger partial charge in [0.2, 0.25) is 0 Å². The molecule has 1 N–H and O–H groups in total. The topological polar surface area (TPSA) is 95.7 Å². The minimum Gasteiger partial charge on any atom is -0.492 e. The van der Waals surface area contributed by atoms with E-state index < -0.39 is 13.5 Å². The molecule has 0 aliphatic heterocycles. The van der Waals surface area contributed by atoms with Crippen molar-refractivity contribution in [2.24, 2.45) is 5.41 Å². The van der Waals surface area contributed by atoms with E-state index in [-0.39, 0.29) is 31.1 Å². The Hall–Kier alpha value is -2.72. The summed E-state index contributed by atoms with van der Waals surface area (Å²) >= 11 is 6.31. The highest BCUT2D eigenvalue weighted by atomic mass is 35.5. The first-order valence-electron chi connectivity index (χ1n) is 12.2. The number of esters is 1. The zero-order chi connectivity index (χ0) is 27.2. The average Bonchev–Trinajstić information content (AvgIpc) is 3.19. The lowest BCUT2D eigenvalue weighted by Crippen LogP contribution is -2.32. The molecule has 37 heavy (non-hydrogen) atoms. The van der Waals surface area contributed by atoms with Crippen molar-refractivity contribution in [3.05, 3.63) is 53.4 Å². The summed E-state index contributed by atoms with van der Waals surface area (Å²) in [4.78, 5) is 20.9. The van der Waals surface area contributed by atoms with Crippen LogP contribution in [0.5, 0.6) is 5.75 Å². The molecule has 3 aromatic rings. The Morgan fingerprint density at radius 2 is 1.78 bits per heavy atom. The maximum Gasteiger partial charge on any atom is 0.314 e. The van der Waals surface area contributed by atoms with Crippen molar-refractivity contribution in [2.75, 3.05) is 20.3 Å². The molecule has 0 fully saturated rings. The number of halogens is 1. The molecule has 0 aliphatic rings. The first-order valence-corrected chi connectivity index (χ1v) is 16.3. The SMILES string of the molecule is COC(=O)C(C)(C)COc1ccc(-c2ccc(-c3nc(Cl)c(CO)n3COCC[Si](C)(C)C)cn2)cc1. The van der Waals surface area contributed by atoms with Gasteiger partial charge < -0.3 is 23.9 Å². The number of hydrogen-bond acceptors (Lipinski definition) is 7. The van der Waals surface area contributed by atoms with Crippen LogP contribution in [-0.2, 0) is 27.6 Å². The summed E-state index contributed by atoms with van der Waals surface area (Å²) in [5.74, 6) is 0.928. The standard InChI is InChI=1S/C27H36ClN3O5Si/c1-27(2,26(33)34-3)17-36-21-10-7-19(8-11-21)22-12-9-20(15-29-22)25-30-24(28)23(16-32)31(25)18-35-13-14-37(4,5)6/h7-12,15,32H,13-14,16-18H2,1-6H3. The van der Waals surface area contributed by atoms with Gasteiger partial charge in [0.05, 0.1) is 30.5 Å². The van der Waals surface area contributed by atoms with Gasteiger partial charge in [-0.1, -0.05) is 31.2 Å². The highest BCUT2D eigenvalue weighted by Crippen LogP contribution is 2.28. The highest BCUT2D eigenvalue weighted by Gasteiger charge is 2.29. The molecular weight excluding hydrogens is 510 g/mol. The summed E-state index contributed by atoms with van der Waals surface area (Å²) in [5.41, 5.74) is 2.24. The molecule has 1 aromatic carbocycles. The van der Waals surface area contributed by atoms with Gasteiger partial charge in [-0.25, -0.2) is 4.98 Å². The Balaban J connectivity index is 1.72. The number of aliphatic hydroxyl groups excluding tert-OH is 1. The number of imidazole rings is 1. The van der Waals surface area contributed by atoms with E-state index in [9.17, 15) is 9.90 Å². The zero-order valence-corrected chi connectivity index (χ0v) is 24.1. The summed E-state index contributed by atoms with van der Waals surface area (Å²) < 4.78 is 18.3. The summed E-state index contributed by atoms with van der Waals surface area (Å²) in [7, 11) is 0.156. The van der Waals surface area contributed by atoms with E-state index in [2.05, 4.69) is 29.6 Å². The fourth-order valence-electron chi connectivity index (χ4n) is 3.52. The van der Waals surface area contributed by atoms with Crippen LogP contribution in [0.1, 0.15) is 19.5 Å². The quantitative estimate of drug-likeness (QED) is 0.178. The first kappa shape index (κ1) is 28.8. The Morgan fingerprint density at radius 3 is 2.35 bits per heavy atom. The maximum atomic E-state index is 11.8. The Kier molecular flexibility index (Phi) is 9.52. The molecule has 0 saturated carbocycles. The van der Waals surface area contributed by atoms with Crippen LogP contribution in [0.15, 0.2) is 42.6 Å². The summed E-state index contributed by atoms with van der Waals surface area (Å²) in [5, 5.41) is 10.1. The second kappa shape index (κ2) is 12.2. The number of pyridine rings is 1. The molecule has 0 spiro atoms. The van der Waals surface area contributed by atoms with Crippen LogP contribution in [0.4, 0.5) is 0 Å². The molecule has 200 valence electrons. The molecule has 0 aliphatic carbocycles. The fraction of sp³-hybridized carbons (Fsp3) is 0.444. The minimum absolute atomic E-state index is 0.207. The predicted molar refractivity (Wildman–Crippen MR) is 147 cm³/mol. The Morgan fingerprint density at radius 1 is 1.11 bits per heavy atom. The van der Waals surface area contributed by atoms with Gasteiger partial charge in [0.25, 0.3) is 0 Å². The van der Waals surface area contributed by atoms with Crippen molar-refractivity contribution in [1.82, 2.24) is 14.5 Å². The van der Waals surface area contributed by atoms with Crippen LogP contribution < -0.4 is 4.74 Å². The number of rotatable bonds is 12. The van der Waals surface area contributed by atoms with E-state index in [0.717, 1.165) is 22.9 Å². The molecule has 10 heteroatoms. The summed E-state index contributed by atoms with van der Waals surface area (Å²) in [6, 6.07) is 12.4. The minimum atomic E-state index is -1.21. The molecule has 0 atom stereocenters. The summed E-state index contributed by atoms with van der Waals surface area (Å²) in [6.45, 7) is 11.3. The molecule has 3 rings (SSSR count). The number of methoxy groups -OCH3 is 1. The molecule has 8 nitrogen and oxygen atoms in total. The van der Waals surface area contributed by atoms with Crippen molar-refractivity contribution in [1.29, 1.82) is 0 Å². The average molecular weight is 546 g/mol. The van der Waals surface area contributed by atoms with Gasteiger partial charge in [0.15, 0.2) is 5.15 Å². The van der Waals surface area contributed by atoms with Gasteiger partial charge in [0.1, 0.15) is 24.9 Å². The van der Waals surface area contributed by atoms with E-state index in [1.807, 2.05) is 36.4 Å². The second-order valence-electron chi connectivity index (χ2n) is 10.7. The number of carbonyl (C=O) groups excluding carboxylic acids is 1. The van der Waals surface area contributed by atoms with E-state index in [1.165, 1.54) is 7.11 Å². The third-order valence-corrected chi connectivity index (χ3v) is 7.91. The van der Waals surface area contributed by atoms with E-state index in [4.69, 9.17) is 25.8 Å². The lowest BCUT2D eigenvalue weighted by atomic mass is 9.95. The predicted octanol–water partition coefficient (Wildman–Crippen LogP) is 5.65. The molecular formula is C27H36ClN3O5Si. The zero-order valence-electron chi connectivity index (χ0n) is 22.4. The van der Waals surface area contributed by atoms with Crippen molar-refractivity contribution in [3.63, 3.8) is 0 Å². The lowest BCUT2D eigenvalue weighted by molar-refractivity contribution is -0.152. The third kappa shape index (κ3) is 7.64. The van der Waals surface area contributed by atoms with E-state index in [1.54, 1.807) is 24.6 Å². The van der Waals surface area contributed by atoms with Gasteiger partial charge >= 0.3 is 5.97 Å². The third-order valence-electron chi connectivity index (χ3n) is 5.90. The lowest BCUT2D eigenvalue weighted by Gasteiger charge is -2.21. The molecule has 0 bridgehead atoms. The first-order chi connectivity index (χ1) is 17.4. The van der Waals surface area contributed by atoms with Crippen LogP contribution in [-0.4, -0.2) is 54.0 Å². The number of benzene rings is 1. The molecule has 2 heterocycles. The highest BCUT2D eigenvalue weighted by molar-refractivity contribution is 6.76. The normalized spacial score (nSPS) is 12.0. The largest absolute Gasteiger partial charge is 0.492 e. The van der Waals surface area contributed by atoms with Crippen molar-refractivity contribution < 1.29 is 24.1 Å². The van der Waals surface area contributed by atoms with Crippen LogP contribution in [0.3, 0.4) is 0 Å². The van der Waals surface area contributed by atoms with Gasteiger partial charge in [-0.3, -0.25) is 9.78 Å². The van der Waals surface area contributed by atoms with Gasteiger partial charge in [-0.2, -0.15) is 0 Å². The summed E-state index contributed by atoms with van der Waals surface area (Å²) in [6.07, 6.45) is 1.73. The maximum absolute atomic E-state index is 11.8. The molecule has 0 unspecified atom stereocenters. The smallest absolute Gasteiger partial charge is 0.314 e. The van der Waals surface area contributed by atoms with Crippen molar-refractivity contribution >= 4 is 25.6 Å². The van der Waals surface area contributed by atoms with Crippen molar-refractivity contribution in [2.45, 2.75) is 52.9 Å². The number of ether oxygens (including phenoxy) is 3. The van der Waals surface area contributed by atoms with Crippen LogP contribution in [0, 0.1) is 5.41 Å². The Bertz CT molecular complexity index is 1190. The van der Waals surface area contributed by atoms with Gasteiger partial charge in [0, 0.05) is 32.0 Å². The number of hydrogen-bond donors (Lipinski definition) is 1.